The number of hydrogen-bond donors (Lipinski definition) is 2. The summed E-state index contributed by atoms with van der Waals surface area (Å²) in [5, 5.41) is 0. The Morgan fingerprint density at radius 1 is 1.21 bits per heavy atom. The number of H-pyrrole nitrogens is 2. The van der Waals surface area contributed by atoms with Gasteiger partial charge in [-0.15, -0.1) is 0 Å². The highest BCUT2D eigenvalue weighted by atomic mass is 16.7. The van der Waals surface area contributed by atoms with Gasteiger partial charge in [0, 0.05) is 24.3 Å². The van der Waals surface area contributed by atoms with Gasteiger partial charge in [0.2, 0.25) is 12.7 Å². The second kappa shape index (κ2) is 7.42. The van der Waals surface area contributed by atoms with Crippen LogP contribution in [0.4, 0.5) is 0 Å². The van der Waals surface area contributed by atoms with Crippen molar-refractivity contribution in [2.45, 2.75) is 39.5 Å². The normalized spacial score (nSPS) is 20.7. The fraction of sp³-hybridized carbons (Fsp3) is 0.476. The van der Waals surface area contributed by atoms with Crippen LogP contribution in [0, 0.1) is 12.3 Å². The minimum atomic E-state index is -0.557. The van der Waals surface area contributed by atoms with Gasteiger partial charge < -0.3 is 19.4 Å². The lowest BCUT2D eigenvalue weighted by molar-refractivity contribution is -0.133. The first-order chi connectivity index (χ1) is 13.8. The van der Waals surface area contributed by atoms with E-state index in [9.17, 15) is 14.4 Å². The van der Waals surface area contributed by atoms with Gasteiger partial charge in [-0.2, -0.15) is 0 Å². The molecule has 1 fully saturated rings. The van der Waals surface area contributed by atoms with Gasteiger partial charge >= 0.3 is 5.69 Å². The van der Waals surface area contributed by atoms with E-state index < -0.39 is 11.2 Å². The standard InChI is InChI=1S/C21H25N3O5/c1-13-15(19(26)23-20(27)22-13)9-18(25)24-7-3-6-21(2,11-24)10-14-4-5-16-17(8-14)29-12-28-16/h4-5,8H,3,6-7,9-12H2,1-2H3,(H2,22,23,26,27). The zero-order valence-electron chi connectivity index (χ0n) is 16.7. The monoisotopic (exact) mass is 399 g/mol. The Morgan fingerprint density at radius 2 is 2.00 bits per heavy atom. The molecule has 8 heteroatoms. The van der Waals surface area contributed by atoms with E-state index in [-0.39, 0.29) is 24.5 Å². The maximum atomic E-state index is 12.9. The molecule has 1 atom stereocenters. The van der Waals surface area contributed by atoms with E-state index in [0.717, 1.165) is 36.3 Å². The van der Waals surface area contributed by atoms with Crippen molar-refractivity contribution in [1.82, 2.24) is 14.9 Å². The first-order valence-electron chi connectivity index (χ1n) is 9.81. The molecule has 0 aliphatic carbocycles. The summed E-state index contributed by atoms with van der Waals surface area (Å²) in [6.07, 6.45) is 2.74. The Labute approximate surface area is 167 Å². The van der Waals surface area contributed by atoms with Crippen molar-refractivity contribution < 1.29 is 14.3 Å². The molecule has 4 rings (SSSR count). The van der Waals surface area contributed by atoms with Crippen molar-refractivity contribution in [3.8, 4) is 11.5 Å². The molecule has 2 aromatic rings. The molecule has 2 aliphatic rings. The van der Waals surface area contributed by atoms with Crippen molar-refractivity contribution in [3.63, 3.8) is 0 Å². The van der Waals surface area contributed by atoms with Crippen LogP contribution in [0.1, 0.15) is 36.6 Å². The molecule has 29 heavy (non-hydrogen) atoms. The van der Waals surface area contributed by atoms with Gasteiger partial charge in [-0.25, -0.2) is 4.79 Å². The van der Waals surface area contributed by atoms with Crippen LogP contribution in [-0.2, 0) is 17.6 Å². The largest absolute Gasteiger partial charge is 0.454 e. The van der Waals surface area contributed by atoms with Crippen molar-refractivity contribution in [2.24, 2.45) is 5.41 Å². The summed E-state index contributed by atoms with van der Waals surface area (Å²) in [4.78, 5) is 42.9. The predicted molar refractivity (Wildman–Crippen MR) is 106 cm³/mol. The summed E-state index contributed by atoms with van der Waals surface area (Å²) in [5.41, 5.74) is 0.787. The minimum Gasteiger partial charge on any atom is -0.454 e. The fourth-order valence-corrected chi connectivity index (χ4v) is 4.32. The predicted octanol–water partition coefficient (Wildman–Crippen LogP) is 1.51. The summed E-state index contributed by atoms with van der Waals surface area (Å²) >= 11 is 0. The average molecular weight is 399 g/mol. The number of carbonyl (C=O) groups is 1. The van der Waals surface area contributed by atoms with Crippen LogP contribution >= 0.6 is 0 Å². The molecule has 1 amide bonds. The Bertz CT molecular complexity index is 1060. The van der Waals surface area contributed by atoms with E-state index in [1.54, 1.807) is 6.92 Å². The van der Waals surface area contributed by atoms with Gasteiger partial charge in [0.05, 0.1) is 6.42 Å². The van der Waals surface area contributed by atoms with Gasteiger partial charge in [-0.3, -0.25) is 14.6 Å². The highest BCUT2D eigenvalue weighted by molar-refractivity contribution is 5.79. The second-order valence-electron chi connectivity index (χ2n) is 8.28. The van der Waals surface area contributed by atoms with Crippen LogP contribution in [0.15, 0.2) is 27.8 Å². The van der Waals surface area contributed by atoms with Crippen molar-refractivity contribution in [3.05, 3.63) is 55.9 Å². The average Bonchev–Trinajstić information content (AvgIpc) is 3.12. The van der Waals surface area contributed by atoms with Crippen LogP contribution in [0.3, 0.4) is 0 Å². The molecule has 1 aromatic heterocycles. The molecular formula is C21H25N3O5. The number of likely N-dealkylation sites (tertiary alicyclic amines) is 1. The SMILES string of the molecule is Cc1[nH]c(=O)[nH]c(=O)c1CC(=O)N1CCCC(C)(Cc2ccc3c(c2)OCO3)C1. The van der Waals surface area contributed by atoms with Crippen LogP contribution in [0.25, 0.3) is 0 Å². The smallest absolute Gasteiger partial charge is 0.325 e. The number of hydrogen-bond acceptors (Lipinski definition) is 5. The Balaban J connectivity index is 1.47. The number of aromatic amines is 2. The van der Waals surface area contributed by atoms with Crippen LogP contribution in [0.2, 0.25) is 0 Å². The zero-order chi connectivity index (χ0) is 20.6. The van der Waals surface area contributed by atoms with Gasteiger partial charge in [-0.1, -0.05) is 13.0 Å². The zero-order valence-corrected chi connectivity index (χ0v) is 16.7. The Morgan fingerprint density at radius 3 is 2.79 bits per heavy atom. The summed E-state index contributed by atoms with van der Waals surface area (Å²) in [7, 11) is 0. The van der Waals surface area contributed by atoms with E-state index in [2.05, 4.69) is 16.9 Å². The number of nitrogens with one attached hydrogen (secondary N) is 2. The molecule has 1 saturated heterocycles. The van der Waals surface area contributed by atoms with Gasteiger partial charge in [0.25, 0.3) is 5.56 Å². The number of aromatic nitrogens is 2. The minimum absolute atomic E-state index is 0.0158. The molecule has 2 N–H and O–H groups in total. The first kappa shape index (κ1) is 19.3. The molecule has 2 aliphatic heterocycles. The third kappa shape index (κ3) is 4.06. The molecule has 1 aromatic carbocycles. The third-order valence-electron chi connectivity index (χ3n) is 5.78. The lowest BCUT2D eigenvalue weighted by Crippen LogP contribution is -2.46. The number of rotatable bonds is 4. The third-order valence-corrected chi connectivity index (χ3v) is 5.78. The highest BCUT2D eigenvalue weighted by Gasteiger charge is 2.34. The quantitative estimate of drug-likeness (QED) is 0.811. The number of fused-ring (bicyclic) bond motifs is 1. The lowest BCUT2D eigenvalue weighted by atomic mass is 9.76. The number of benzene rings is 1. The van der Waals surface area contributed by atoms with Gasteiger partial charge in [0.15, 0.2) is 11.5 Å². The lowest BCUT2D eigenvalue weighted by Gasteiger charge is -2.41. The van der Waals surface area contributed by atoms with Crippen molar-refractivity contribution in [2.75, 3.05) is 19.9 Å². The van der Waals surface area contributed by atoms with Crippen molar-refractivity contribution in [1.29, 1.82) is 0 Å². The number of aryl methyl sites for hydroxylation is 1. The van der Waals surface area contributed by atoms with E-state index >= 15 is 0 Å². The number of carbonyl (C=O) groups excluding carboxylic acids is 1. The molecule has 0 spiro atoms. The molecule has 3 heterocycles. The van der Waals surface area contributed by atoms with E-state index in [1.165, 1.54) is 0 Å². The van der Waals surface area contributed by atoms with Gasteiger partial charge in [-0.05, 0) is 49.3 Å². The molecule has 0 radical (unpaired) electrons. The summed E-state index contributed by atoms with van der Waals surface area (Å²) in [6, 6.07) is 5.98. The fourth-order valence-electron chi connectivity index (χ4n) is 4.32. The van der Waals surface area contributed by atoms with Crippen LogP contribution in [0.5, 0.6) is 11.5 Å². The first-order valence-corrected chi connectivity index (χ1v) is 9.81. The molecule has 0 bridgehead atoms. The van der Waals surface area contributed by atoms with Gasteiger partial charge in [0.1, 0.15) is 0 Å². The number of ether oxygens (including phenoxy) is 2. The van der Waals surface area contributed by atoms with E-state index in [0.29, 0.717) is 24.3 Å². The van der Waals surface area contributed by atoms with E-state index in [4.69, 9.17) is 9.47 Å². The summed E-state index contributed by atoms with van der Waals surface area (Å²) < 4.78 is 10.8. The Kier molecular flexibility index (Phi) is 4.94. The maximum absolute atomic E-state index is 12.9. The highest BCUT2D eigenvalue weighted by Crippen LogP contribution is 2.37. The molecule has 0 saturated carbocycles. The summed E-state index contributed by atoms with van der Waals surface area (Å²) in [5.74, 6) is 1.44. The molecule has 8 nitrogen and oxygen atoms in total. The molecule has 1 unspecified atom stereocenters. The molecule has 154 valence electrons. The number of amides is 1. The van der Waals surface area contributed by atoms with Crippen molar-refractivity contribution >= 4 is 5.91 Å². The van der Waals surface area contributed by atoms with E-state index in [1.807, 2.05) is 23.1 Å². The number of piperidine rings is 1. The number of nitrogens with zero attached hydrogens (tertiary/aromatic N) is 1. The maximum Gasteiger partial charge on any atom is 0.325 e. The molecular weight excluding hydrogens is 374 g/mol. The Hall–Kier alpha value is -3.03. The summed E-state index contributed by atoms with van der Waals surface area (Å²) in [6.45, 7) is 5.38. The van der Waals surface area contributed by atoms with Crippen LogP contribution in [-0.4, -0.2) is 40.7 Å². The van der Waals surface area contributed by atoms with Crippen LogP contribution < -0.4 is 20.7 Å². The topological polar surface area (TPSA) is 104 Å². The second-order valence-corrected chi connectivity index (χ2v) is 8.28.